The highest BCUT2D eigenvalue weighted by Crippen LogP contribution is 2.41. The predicted molar refractivity (Wildman–Crippen MR) is 81.4 cm³/mol. The summed E-state index contributed by atoms with van der Waals surface area (Å²) in [5, 5.41) is 0. The maximum absolute atomic E-state index is 6.32. The molecule has 2 aliphatic rings. The minimum absolute atomic E-state index is 0.185. The van der Waals surface area contributed by atoms with Gasteiger partial charge in [-0.3, -0.25) is 0 Å². The molecule has 1 heterocycles. The van der Waals surface area contributed by atoms with E-state index in [0.717, 1.165) is 17.7 Å². The van der Waals surface area contributed by atoms with Crippen LogP contribution in [0.3, 0.4) is 0 Å². The van der Waals surface area contributed by atoms with E-state index in [1.807, 2.05) is 24.3 Å². The molecule has 2 nitrogen and oxygen atoms in total. The van der Waals surface area contributed by atoms with Crippen LogP contribution >= 0.6 is 11.6 Å². The molecule has 0 radical (unpaired) electrons. The molecule has 3 rings (SSSR count). The minimum atomic E-state index is 0.185. The summed E-state index contributed by atoms with van der Waals surface area (Å²) in [5.41, 5.74) is 1.28. The van der Waals surface area contributed by atoms with Crippen molar-refractivity contribution in [1.29, 1.82) is 0 Å². The Labute approximate surface area is 126 Å². The van der Waals surface area contributed by atoms with E-state index in [1.54, 1.807) is 0 Å². The lowest BCUT2D eigenvalue weighted by Crippen LogP contribution is -2.32. The van der Waals surface area contributed by atoms with E-state index in [1.165, 1.54) is 38.5 Å². The van der Waals surface area contributed by atoms with Crippen LogP contribution in [-0.2, 0) is 10.6 Å². The van der Waals surface area contributed by atoms with Crippen molar-refractivity contribution in [2.75, 3.05) is 6.61 Å². The van der Waals surface area contributed by atoms with Crippen LogP contribution < -0.4 is 4.74 Å². The van der Waals surface area contributed by atoms with Crippen LogP contribution in [0.2, 0.25) is 0 Å². The molecule has 1 saturated heterocycles. The Morgan fingerprint density at radius 3 is 2.85 bits per heavy atom. The van der Waals surface area contributed by atoms with E-state index in [9.17, 15) is 0 Å². The Hall–Kier alpha value is -0.730. The first-order chi connectivity index (χ1) is 9.80. The smallest absolute Gasteiger partial charge is 0.119 e. The second-order valence-corrected chi connectivity index (χ2v) is 6.38. The van der Waals surface area contributed by atoms with E-state index >= 15 is 0 Å². The van der Waals surface area contributed by atoms with Crippen LogP contribution in [0.25, 0.3) is 0 Å². The van der Waals surface area contributed by atoms with E-state index < -0.39 is 0 Å². The van der Waals surface area contributed by atoms with Crippen LogP contribution in [0.5, 0.6) is 5.75 Å². The van der Waals surface area contributed by atoms with Crippen LogP contribution in [0.1, 0.15) is 50.5 Å². The fourth-order valence-corrected chi connectivity index (χ4v) is 3.65. The number of hydrogen-bond acceptors (Lipinski definition) is 2. The van der Waals surface area contributed by atoms with Crippen molar-refractivity contribution in [3.05, 3.63) is 29.8 Å². The molecule has 2 fully saturated rings. The summed E-state index contributed by atoms with van der Waals surface area (Å²) in [5.74, 6) is 1.43. The van der Waals surface area contributed by atoms with Crippen molar-refractivity contribution in [3.63, 3.8) is 0 Å². The first kappa shape index (κ1) is 14.2. The molecule has 110 valence electrons. The SMILES string of the molecule is ClCc1cccc(OCC2CCC3(CCCCC3)O2)c1. The third kappa shape index (κ3) is 3.29. The van der Waals surface area contributed by atoms with Gasteiger partial charge in [-0.1, -0.05) is 31.4 Å². The average Bonchev–Trinajstić information content (AvgIpc) is 2.89. The third-order valence-electron chi connectivity index (χ3n) is 4.59. The Balaban J connectivity index is 1.51. The number of ether oxygens (including phenoxy) is 2. The largest absolute Gasteiger partial charge is 0.491 e. The lowest BCUT2D eigenvalue weighted by molar-refractivity contribution is -0.0748. The number of alkyl halides is 1. The van der Waals surface area contributed by atoms with Crippen molar-refractivity contribution < 1.29 is 9.47 Å². The van der Waals surface area contributed by atoms with Crippen molar-refractivity contribution in [3.8, 4) is 5.75 Å². The van der Waals surface area contributed by atoms with Crippen molar-refractivity contribution in [2.45, 2.75) is 62.5 Å². The fraction of sp³-hybridized carbons (Fsp3) is 0.647. The second-order valence-electron chi connectivity index (χ2n) is 6.11. The van der Waals surface area contributed by atoms with Gasteiger partial charge in [0.2, 0.25) is 0 Å². The van der Waals surface area contributed by atoms with Gasteiger partial charge in [-0.2, -0.15) is 0 Å². The molecule has 0 N–H and O–H groups in total. The van der Waals surface area contributed by atoms with Crippen LogP contribution in [0.4, 0.5) is 0 Å². The molecule has 20 heavy (non-hydrogen) atoms. The van der Waals surface area contributed by atoms with E-state index in [0.29, 0.717) is 12.5 Å². The zero-order chi connectivity index (χ0) is 13.8. The van der Waals surface area contributed by atoms with Crippen LogP contribution in [-0.4, -0.2) is 18.3 Å². The van der Waals surface area contributed by atoms with Crippen molar-refractivity contribution in [2.24, 2.45) is 0 Å². The van der Waals surface area contributed by atoms with E-state index in [2.05, 4.69) is 0 Å². The first-order valence-corrected chi connectivity index (χ1v) is 8.29. The molecule has 1 aromatic rings. The van der Waals surface area contributed by atoms with E-state index in [4.69, 9.17) is 21.1 Å². The van der Waals surface area contributed by atoms with Crippen LogP contribution in [0.15, 0.2) is 24.3 Å². The summed E-state index contributed by atoms with van der Waals surface area (Å²) >= 11 is 5.84. The highest BCUT2D eigenvalue weighted by molar-refractivity contribution is 6.17. The zero-order valence-corrected chi connectivity index (χ0v) is 12.7. The normalized spacial score (nSPS) is 24.9. The van der Waals surface area contributed by atoms with E-state index in [-0.39, 0.29) is 11.7 Å². The number of halogens is 1. The molecule has 3 heteroatoms. The van der Waals surface area contributed by atoms with Crippen molar-refractivity contribution in [1.82, 2.24) is 0 Å². The summed E-state index contributed by atoms with van der Waals surface area (Å²) in [7, 11) is 0. The molecule has 1 spiro atoms. The topological polar surface area (TPSA) is 18.5 Å². The zero-order valence-electron chi connectivity index (χ0n) is 11.9. The maximum atomic E-state index is 6.32. The number of rotatable bonds is 4. The molecule has 0 aromatic heterocycles. The molecule has 1 saturated carbocycles. The van der Waals surface area contributed by atoms with Gasteiger partial charge in [0.1, 0.15) is 12.4 Å². The summed E-state index contributed by atoms with van der Waals surface area (Å²) < 4.78 is 12.2. The molecule has 1 aliphatic heterocycles. The molecular formula is C17H23ClO2. The highest BCUT2D eigenvalue weighted by atomic mass is 35.5. The monoisotopic (exact) mass is 294 g/mol. The highest BCUT2D eigenvalue weighted by Gasteiger charge is 2.40. The van der Waals surface area contributed by atoms with Gasteiger partial charge in [-0.05, 0) is 43.4 Å². The summed E-state index contributed by atoms with van der Waals surface area (Å²) in [6.07, 6.45) is 9.11. The summed E-state index contributed by atoms with van der Waals surface area (Å²) in [6.45, 7) is 0.660. The molecule has 0 amide bonds. The third-order valence-corrected chi connectivity index (χ3v) is 4.90. The lowest BCUT2D eigenvalue weighted by Gasteiger charge is -2.33. The lowest BCUT2D eigenvalue weighted by atomic mass is 9.83. The quantitative estimate of drug-likeness (QED) is 0.750. The standard InChI is InChI=1S/C17H23ClO2/c18-12-14-5-4-6-15(11-14)19-13-16-7-10-17(20-16)8-2-1-3-9-17/h4-6,11,16H,1-3,7-10,12-13H2. The number of hydrogen-bond donors (Lipinski definition) is 0. The van der Waals surface area contributed by atoms with Gasteiger partial charge in [-0.25, -0.2) is 0 Å². The molecule has 1 aliphatic carbocycles. The van der Waals surface area contributed by atoms with Crippen LogP contribution in [0, 0.1) is 0 Å². The van der Waals surface area contributed by atoms with Gasteiger partial charge in [0.05, 0.1) is 11.7 Å². The van der Waals surface area contributed by atoms with Gasteiger partial charge in [0.15, 0.2) is 0 Å². The first-order valence-electron chi connectivity index (χ1n) is 7.75. The van der Waals surface area contributed by atoms with Gasteiger partial charge < -0.3 is 9.47 Å². The molecule has 1 unspecified atom stereocenters. The van der Waals surface area contributed by atoms with Crippen molar-refractivity contribution >= 4 is 11.6 Å². The van der Waals surface area contributed by atoms with Gasteiger partial charge in [0, 0.05) is 5.88 Å². The summed E-state index contributed by atoms with van der Waals surface area (Å²) in [4.78, 5) is 0. The maximum Gasteiger partial charge on any atom is 0.119 e. The Morgan fingerprint density at radius 1 is 1.20 bits per heavy atom. The Kier molecular flexibility index (Phi) is 4.52. The molecular weight excluding hydrogens is 272 g/mol. The Bertz CT molecular complexity index is 440. The van der Waals surface area contributed by atoms with Gasteiger partial charge in [-0.15, -0.1) is 11.6 Å². The molecule has 0 bridgehead atoms. The molecule has 1 atom stereocenters. The predicted octanol–water partition coefficient (Wildman–Crippen LogP) is 4.69. The minimum Gasteiger partial charge on any atom is -0.491 e. The number of benzene rings is 1. The average molecular weight is 295 g/mol. The summed E-state index contributed by atoms with van der Waals surface area (Å²) in [6, 6.07) is 8.01. The van der Waals surface area contributed by atoms with Gasteiger partial charge in [0.25, 0.3) is 0 Å². The van der Waals surface area contributed by atoms with Gasteiger partial charge >= 0.3 is 0 Å². The Morgan fingerprint density at radius 2 is 2.05 bits per heavy atom. The second kappa shape index (κ2) is 6.36. The fourth-order valence-electron chi connectivity index (χ4n) is 3.48. The molecule has 1 aromatic carbocycles.